The Balaban J connectivity index is 2.38. The molecule has 1 aromatic carbocycles. The van der Waals surface area contributed by atoms with Crippen molar-refractivity contribution in [2.45, 2.75) is 26.3 Å². The summed E-state index contributed by atoms with van der Waals surface area (Å²) in [7, 11) is 0. The SMILES string of the molecule is C=C1c2ccccc2C(=O)N1C(CCO)C(C)C. The van der Waals surface area contributed by atoms with E-state index in [9.17, 15) is 4.79 Å². The van der Waals surface area contributed by atoms with Gasteiger partial charge in [0.25, 0.3) is 5.91 Å². The Bertz CT molecular complexity index is 444. The molecule has 1 heterocycles. The number of aliphatic hydroxyl groups excluding tert-OH is 1. The number of rotatable bonds is 4. The summed E-state index contributed by atoms with van der Waals surface area (Å²) in [6.45, 7) is 8.23. The van der Waals surface area contributed by atoms with Gasteiger partial charge in [0.2, 0.25) is 0 Å². The Hall–Kier alpha value is -1.61. The summed E-state index contributed by atoms with van der Waals surface area (Å²) in [6.07, 6.45) is 0.580. The quantitative estimate of drug-likeness (QED) is 0.885. The molecule has 18 heavy (non-hydrogen) atoms. The molecule has 1 amide bonds. The van der Waals surface area contributed by atoms with E-state index in [0.717, 1.165) is 11.3 Å². The standard InChI is InChI=1S/C15H19NO2/c1-10(2)14(8-9-17)16-11(3)12-6-4-5-7-13(12)15(16)18/h4-7,10,14,17H,3,8-9H2,1-2H3. The van der Waals surface area contributed by atoms with E-state index < -0.39 is 0 Å². The summed E-state index contributed by atoms with van der Waals surface area (Å²) in [5.41, 5.74) is 2.37. The number of hydrogen-bond acceptors (Lipinski definition) is 2. The molecule has 1 aliphatic heterocycles. The van der Waals surface area contributed by atoms with Gasteiger partial charge in [-0.05, 0) is 18.4 Å². The van der Waals surface area contributed by atoms with E-state index in [-0.39, 0.29) is 24.5 Å². The molecule has 1 atom stereocenters. The van der Waals surface area contributed by atoms with Crippen molar-refractivity contribution in [2.75, 3.05) is 6.61 Å². The van der Waals surface area contributed by atoms with Crippen LogP contribution < -0.4 is 0 Å². The monoisotopic (exact) mass is 245 g/mol. The fourth-order valence-corrected chi connectivity index (χ4v) is 2.55. The van der Waals surface area contributed by atoms with Gasteiger partial charge in [-0.25, -0.2) is 0 Å². The van der Waals surface area contributed by atoms with Gasteiger partial charge in [-0.1, -0.05) is 38.6 Å². The van der Waals surface area contributed by atoms with Gasteiger partial charge in [-0.15, -0.1) is 0 Å². The van der Waals surface area contributed by atoms with Crippen LogP contribution in [0, 0.1) is 5.92 Å². The number of nitrogens with zero attached hydrogens (tertiary/aromatic N) is 1. The molecule has 1 N–H and O–H groups in total. The van der Waals surface area contributed by atoms with Crippen LogP contribution in [0.1, 0.15) is 36.2 Å². The van der Waals surface area contributed by atoms with Crippen molar-refractivity contribution in [3.8, 4) is 0 Å². The second-order valence-corrected chi connectivity index (χ2v) is 4.99. The highest BCUT2D eigenvalue weighted by Crippen LogP contribution is 2.35. The molecule has 2 rings (SSSR count). The molecule has 1 aromatic rings. The predicted molar refractivity (Wildman–Crippen MR) is 72.0 cm³/mol. The highest BCUT2D eigenvalue weighted by Gasteiger charge is 2.36. The van der Waals surface area contributed by atoms with E-state index >= 15 is 0 Å². The van der Waals surface area contributed by atoms with Gasteiger partial charge in [-0.2, -0.15) is 0 Å². The molecule has 0 aromatic heterocycles. The molecular weight excluding hydrogens is 226 g/mol. The zero-order chi connectivity index (χ0) is 13.3. The number of hydrogen-bond donors (Lipinski definition) is 1. The van der Waals surface area contributed by atoms with Crippen LogP contribution in [0.5, 0.6) is 0 Å². The number of benzene rings is 1. The first-order chi connectivity index (χ1) is 8.57. The molecule has 3 heteroatoms. The van der Waals surface area contributed by atoms with Gasteiger partial charge in [0.1, 0.15) is 0 Å². The summed E-state index contributed by atoms with van der Waals surface area (Å²) in [5.74, 6) is 0.287. The van der Waals surface area contributed by atoms with Crippen molar-refractivity contribution in [1.82, 2.24) is 4.90 Å². The fraction of sp³-hybridized carbons (Fsp3) is 0.400. The third-order valence-corrected chi connectivity index (χ3v) is 3.50. The average Bonchev–Trinajstić information content (AvgIpc) is 2.60. The molecule has 0 fully saturated rings. The van der Waals surface area contributed by atoms with Crippen LogP contribution in [0.3, 0.4) is 0 Å². The number of fused-ring (bicyclic) bond motifs is 1. The molecule has 96 valence electrons. The van der Waals surface area contributed by atoms with Crippen LogP contribution in [0.4, 0.5) is 0 Å². The lowest BCUT2D eigenvalue weighted by molar-refractivity contribution is 0.0746. The predicted octanol–water partition coefficient (Wildman–Crippen LogP) is 2.52. The fourth-order valence-electron chi connectivity index (χ4n) is 2.55. The Morgan fingerprint density at radius 3 is 2.39 bits per heavy atom. The number of aliphatic hydroxyl groups is 1. The lowest BCUT2D eigenvalue weighted by Gasteiger charge is -2.31. The van der Waals surface area contributed by atoms with Crippen molar-refractivity contribution >= 4 is 11.6 Å². The smallest absolute Gasteiger partial charge is 0.259 e. The lowest BCUT2D eigenvalue weighted by atomic mass is 9.99. The van der Waals surface area contributed by atoms with Crippen LogP contribution in [0.15, 0.2) is 30.8 Å². The van der Waals surface area contributed by atoms with E-state index in [1.54, 1.807) is 4.90 Å². The number of carbonyl (C=O) groups excluding carboxylic acids is 1. The summed E-state index contributed by atoms with van der Waals surface area (Å²) in [5, 5.41) is 9.17. The molecule has 1 aliphatic rings. The minimum atomic E-state index is 0.00222. The minimum Gasteiger partial charge on any atom is -0.396 e. The van der Waals surface area contributed by atoms with Crippen LogP contribution in [-0.4, -0.2) is 28.6 Å². The van der Waals surface area contributed by atoms with Gasteiger partial charge in [0.15, 0.2) is 0 Å². The van der Waals surface area contributed by atoms with Crippen molar-refractivity contribution in [2.24, 2.45) is 5.92 Å². The molecule has 1 unspecified atom stereocenters. The first-order valence-corrected chi connectivity index (χ1v) is 6.30. The summed E-state index contributed by atoms with van der Waals surface area (Å²) >= 11 is 0. The third kappa shape index (κ3) is 1.95. The molecular formula is C15H19NO2. The molecule has 0 saturated heterocycles. The minimum absolute atomic E-state index is 0.00222. The molecule has 3 nitrogen and oxygen atoms in total. The van der Waals surface area contributed by atoms with Crippen LogP contribution in [0.2, 0.25) is 0 Å². The van der Waals surface area contributed by atoms with E-state index in [2.05, 4.69) is 20.4 Å². The molecule has 0 spiro atoms. The molecule has 0 aliphatic carbocycles. The van der Waals surface area contributed by atoms with E-state index in [1.807, 2.05) is 24.3 Å². The maximum absolute atomic E-state index is 12.4. The van der Waals surface area contributed by atoms with Gasteiger partial charge < -0.3 is 10.0 Å². The first kappa shape index (κ1) is 12.8. The molecule has 0 bridgehead atoms. The van der Waals surface area contributed by atoms with Crippen molar-refractivity contribution in [3.63, 3.8) is 0 Å². The Kier molecular flexibility index (Phi) is 3.53. The summed E-state index contributed by atoms with van der Waals surface area (Å²) < 4.78 is 0. The van der Waals surface area contributed by atoms with E-state index in [0.29, 0.717) is 12.0 Å². The molecule has 0 saturated carbocycles. The normalized spacial score (nSPS) is 16.3. The van der Waals surface area contributed by atoms with E-state index in [4.69, 9.17) is 5.11 Å². The van der Waals surface area contributed by atoms with Crippen LogP contribution in [-0.2, 0) is 0 Å². The lowest BCUT2D eigenvalue weighted by Crippen LogP contribution is -2.39. The Morgan fingerprint density at radius 1 is 1.28 bits per heavy atom. The van der Waals surface area contributed by atoms with E-state index in [1.165, 1.54) is 0 Å². The van der Waals surface area contributed by atoms with Gasteiger partial charge in [-0.3, -0.25) is 4.79 Å². The average molecular weight is 245 g/mol. The first-order valence-electron chi connectivity index (χ1n) is 6.30. The maximum atomic E-state index is 12.4. The molecule has 0 radical (unpaired) electrons. The second-order valence-electron chi connectivity index (χ2n) is 4.99. The summed E-state index contributed by atoms with van der Waals surface area (Å²) in [4.78, 5) is 14.2. The van der Waals surface area contributed by atoms with Crippen LogP contribution >= 0.6 is 0 Å². The largest absolute Gasteiger partial charge is 0.396 e. The Labute approximate surface area is 108 Å². The zero-order valence-corrected chi connectivity index (χ0v) is 10.9. The van der Waals surface area contributed by atoms with Gasteiger partial charge in [0.05, 0.1) is 0 Å². The number of amides is 1. The highest BCUT2D eigenvalue weighted by atomic mass is 16.3. The van der Waals surface area contributed by atoms with Gasteiger partial charge >= 0.3 is 0 Å². The van der Waals surface area contributed by atoms with Crippen molar-refractivity contribution < 1.29 is 9.90 Å². The topological polar surface area (TPSA) is 40.5 Å². The Morgan fingerprint density at radius 2 is 1.89 bits per heavy atom. The second kappa shape index (κ2) is 4.94. The highest BCUT2D eigenvalue weighted by molar-refractivity contribution is 6.09. The zero-order valence-electron chi connectivity index (χ0n) is 10.9. The van der Waals surface area contributed by atoms with Crippen molar-refractivity contribution in [3.05, 3.63) is 42.0 Å². The van der Waals surface area contributed by atoms with Gasteiger partial charge in [0, 0.05) is 29.5 Å². The number of carbonyl (C=O) groups is 1. The third-order valence-electron chi connectivity index (χ3n) is 3.50. The van der Waals surface area contributed by atoms with Crippen LogP contribution in [0.25, 0.3) is 5.70 Å². The van der Waals surface area contributed by atoms with Crippen molar-refractivity contribution in [1.29, 1.82) is 0 Å². The maximum Gasteiger partial charge on any atom is 0.259 e. The summed E-state index contributed by atoms with van der Waals surface area (Å²) in [6, 6.07) is 7.54.